The Kier molecular flexibility index (Phi) is 3.99. The van der Waals surface area contributed by atoms with E-state index in [0.717, 1.165) is 29.8 Å². The highest BCUT2D eigenvalue weighted by atomic mass is 79.9. The number of hydrogen-bond acceptors (Lipinski definition) is 3. The summed E-state index contributed by atoms with van der Waals surface area (Å²) in [7, 11) is 0. The highest BCUT2D eigenvalue weighted by Crippen LogP contribution is 2.25. The number of anilines is 1. The molecule has 0 aliphatic carbocycles. The Balaban J connectivity index is 2.09. The maximum absolute atomic E-state index is 5.92. The molecule has 0 saturated carbocycles. The Hall–Kier alpha value is -0.580. The van der Waals surface area contributed by atoms with E-state index in [4.69, 9.17) is 10.5 Å². The van der Waals surface area contributed by atoms with Gasteiger partial charge in [0, 0.05) is 29.8 Å². The summed E-state index contributed by atoms with van der Waals surface area (Å²) < 4.78 is 7.00. The maximum Gasteiger partial charge on any atom is 0.0757 e. The van der Waals surface area contributed by atoms with Crippen LogP contribution in [-0.2, 0) is 11.3 Å². The minimum absolute atomic E-state index is 0.0715. The van der Waals surface area contributed by atoms with E-state index >= 15 is 0 Å². The van der Waals surface area contributed by atoms with Gasteiger partial charge < -0.3 is 10.5 Å². The molecular formula is C14H21BrN2O. The zero-order valence-corrected chi connectivity index (χ0v) is 12.8. The van der Waals surface area contributed by atoms with Crippen molar-refractivity contribution in [1.29, 1.82) is 0 Å². The number of rotatable bonds is 2. The van der Waals surface area contributed by atoms with Gasteiger partial charge in [0.1, 0.15) is 0 Å². The van der Waals surface area contributed by atoms with Crippen LogP contribution in [0.3, 0.4) is 0 Å². The molecule has 1 saturated heterocycles. The number of benzene rings is 1. The molecule has 0 spiro atoms. The second kappa shape index (κ2) is 5.19. The lowest BCUT2D eigenvalue weighted by atomic mass is 10.0. The van der Waals surface area contributed by atoms with Crippen LogP contribution in [0.1, 0.15) is 26.3 Å². The van der Waals surface area contributed by atoms with Gasteiger partial charge in [-0.2, -0.15) is 0 Å². The number of halogens is 1. The molecule has 0 radical (unpaired) electrons. The lowest BCUT2D eigenvalue weighted by molar-refractivity contribution is -0.130. The first kappa shape index (κ1) is 13.8. The SMILES string of the molecule is CC1CN(Cc2ccc(N)cc2Br)CC(C)(C)O1. The quantitative estimate of drug-likeness (QED) is 0.853. The molecule has 2 N–H and O–H groups in total. The molecule has 2 rings (SSSR count). The van der Waals surface area contributed by atoms with Crippen molar-refractivity contribution in [1.82, 2.24) is 4.90 Å². The number of nitrogens with two attached hydrogens (primary N) is 1. The molecule has 1 aliphatic rings. The monoisotopic (exact) mass is 312 g/mol. The van der Waals surface area contributed by atoms with Crippen molar-refractivity contribution in [2.24, 2.45) is 0 Å². The number of nitrogens with zero attached hydrogens (tertiary/aromatic N) is 1. The van der Waals surface area contributed by atoms with Crippen molar-refractivity contribution < 1.29 is 4.74 Å². The first-order chi connectivity index (χ1) is 8.35. The molecule has 0 amide bonds. The van der Waals surface area contributed by atoms with Gasteiger partial charge in [0.15, 0.2) is 0 Å². The first-order valence-electron chi connectivity index (χ1n) is 6.30. The van der Waals surface area contributed by atoms with Crippen LogP contribution < -0.4 is 5.73 Å². The lowest BCUT2D eigenvalue weighted by Crippen LogP contribution is -2.51. The number of ether oxygens (including phenoxy) is 1. The van der Waals surface area contributed by atoms with Gasteiger partial charge in [-0.15, -0.1) is 0 Å². The zero-order valence-electron chi connectivity index (χ0n) is 11.2. The van der Waals surface area contributed by atoms with Gasteiger partial charge in [0.25, 0.3) is 0 Å². The number of morpholine rings is 1. The second-order valence-electron chi connectivity index (χ2n) is 5.71. The summed E-state index contributed by atoms with van der Waals surface area (Å²) in [5.74, 6) is 0. The molecule has 0 aromatic heterocycles. The minimum Gasteiger partial charge on any atom is -0.399 e. The van der Waals surface area contributed by atoms with Crippen molar-refractivity contribution in [2.75, 3.05) is 18.8 Å². The Labute approximate surface area is 117 Å². The highest BCUT2D eigenvalue weighted by Gasteiger charge is 2.31. The van der Waals surface area contributed by atoms with E-state index in [2.05, 4.69) is 47.7 Å². The summed E-state index contributed by atoms with van der Waals surface area (Å²) in [6.45, 7) is 9.28. The standard InChI is InChI=1S/C14H21BrN2O/c1-10-7-17(9-14(2,3)18-10)8-11-4-5-12(16)6-13(11)15/h4-6,10H,7-9,16H2,1-3H3. The van der Waals surface area contributed by atoms with E-state index in [9.17, 15) is 0 Å². The average Bonchev–Trinajstić information content (AvgIpc) is 2.19. The van der Waals surface area contributed by atoms with E-state index in [1.807, 2.05) is 12.1 Å². The predicted octanol–water partition coefficient (Wildman–Crippen LogP) is 3.03. The highest BCUT2D eigenvalue weighted by molar-refractivity contribution is 9.10. The molecule has 1 aromatic carbocycles. The van der Waals surface area contributed by atoms with E-state index in [1.54, 1.807) is 0 Å². The molecule has 1 aliphatic heterocycles. The summed E-state index contributed by atoms with van der Waals surface area (Å²) >= 11 is 3.58. The first-order valence-corrected chi connectivity index (χ1v) is 7.09. The van der Waals surface area contributed by atoms with Crippen molar-refractivity contribution in [3.05, 3.63) is 28.2 Å². The Morgan fingerprint density at radius 3 is 2.83 bits per heavy atom. The summed E-state index contributed by atoms with van der Waals surface area (Å²) in [5.41, 5.74) is 7.76. The third kappa shape index (κ3) is 3.46. The zero-order chi connectivity index (χ0) is 13.3. The molecule has 1 atom stereocenters. The van der Waals surface area contributed by atoms with Gasteiger partial charge >= 0.3 is 0 Å². The summed E-state index contributed by atoms with van der Waals surface area (Å²) in [6, 6.07) is 6.01. The molecule has 100 valence electrons. The molecule has 1 heterocycles. The molecule has 18 heavy (non-hydrogen) atoms. The molecule has 1 aromatic rings. The van der Waals surface area contributed by atoms with E-state index in [-0.39, 0.29) is 11.7 Å². The fourth-order valence-electron chi connectivity index (χ4n) is 2.64. The van der Waals surface area contributed by atoms with Crippen LogP contribution in [0.5, 0.6) is 0 Å². The van der Waals surface area contributed by atoms with Crippen LogP contribution in [-0.4, -0.2) is 29.7 Å². The second-order valence-corrected chi connectivity index (χ2v) is 6.56. The molecule has 1 unspecified atom stereocenters. The van der Waals surface area contributed by atoms with Crippen molar-refractivity contribution in [2.45, 2.75) is 39.0 Å². The van der Waals surface area contributed by atoms with E-state index in [1.165, 1.54) is 5.56 Å². The van der Waals surface area contributed by atoms with Crippen LogP contribution in [0, 0.1) is 0 Å². The molecular weight excluding hydrogens is 292 g/mol. The summed E-state index contributed by atoms with van der Waals surface area (Å²) in [5, 5.41) is 0. The summed E-state index contributed by atoms with van der Waals surface area (Å²) in [6.07, 6.45) is 0.279. The maximum atomic E-state index is 5.92. The largest absolute Gasteiger partial charge is 0.399 e. The van der Waals surface area contributed by atoms with Crippen molar-refractivity contribution in [3.63, 3.8) is 0 Å². The van der Waals surface area contributed by atoms with Gasteiger partial charge in [0.05, 0.1) is 11.7 Å². The average molecular weight is 313 g/mol. The normalized spacial score (nSPS) is 24.1. The smallest absolute Gasteiger partial charge is 0.0757 e. The predicted molar refractivity (Wildman–Crippen MR) is 78.5 cm³/mol. The number of hydrogen-bond donors (Lipinski definition) is 1. The van der Waals surface area contributed by atoms with Gasteiger partial charge in [-0.25, -0.2) is 0 Å². The third-order valence-corrected chi connectivity index (χ3v) is 3.85. The van der Waals surface area contributed by atoms with E-state index < -0.39 is 0 Å². The van der Waals surface area contributed by atoms with Crippen LogP contribution in [0.25, 0.3) is 0 Å². The molecule has 0 bridgehead atoms. The van der Waals surface area contributed by atoms with Crippen LogP contribution in [0.2, 0.25) is 0 Å². The lowest BCUT2D eigenvalue weighted by Gasteiger charge is -2.41. The molecule has 3 nitrogen and oxygen atoms in total. The van der Waals surface area contributed by atoms with Crippen LogP contribution in [0.15, 0.2) is 22.7 Å². The summed E-state index contributed by atoms with van der Waals surface area (Å²) in [4.78, 5) is 2.43. The van der Waals surface area contributed by atoms with Crippen molar-refractivity contribution in [3.8, 4) is 0 Å². The molecule has 4 heteroatoms. The topological polar surface area (TPSA) is 38.5 Å². The molecule has 1 fully saturated rings. The third-order valence-electron chi connectivity index (χ3n) is 3.11. The van der Waals surface area contributed by atoms with Gasteiger partial charge in [-0.3, -0.25) is 4.90 Å². The van der Waals surface area contributed by atoms with Crippen LogP contribution >= 0.6 is 15.9 Å². The fraction of sp³-hybridized carbons (Fsp3) is 0.571. The Morgan fingerprint density at radius 2 is 2.22 bits per heavy atom. The Bertz CT molecular complexity index is 434. The van der Waals surface area contributed by atoms with E-state index in [0.29, 0.717) is 0 Å². The van der Waals surface area contributed by atoms with Crippen LogP contribution in [0.4, 0.5) is 5.69 Å². The Morgan fingerprint density at radius 1 is 1.50 bits per heavy atom. The minimum atomic E-state index is -0.0715. The number of nitrogen functional groups attached to an aromatic ring is 1. The van der Waals surface area contributed by atoms with Gasteiger partial charge in [-0.05, 0) is 38.5 Å². The van der Waals surface area contributed by atoms with Crippen molar-refractivity contribution >= 4 is 21.6 Å². The van der Waals surface area contributed by atoms with Gasteiger partial charge in [-0.1, -0.05) is 22.0 Å². The fourth-order valence-corrected chi connectivity index (χ4v) is 3.16. The van der Waals surface area contributed by atoms with Gasteiger partial charge in [0.2, 0.25) is 0 Å².